The summed E-state index contributed by atoms with van der Waals surface area (Å²) in [6, 6.07) is 12.0. The fraction of sp³-hybridized carbons (Fsp3) is 0.292. The lowest BCUT2D eigenvalue weighted by atomic mass is 9.88. The minimum atomic E-state index is -0.181. The Morgan fingerprint density at radius 2 is 2.12 bits per heavy atom. The highest BCUT2D eigenvalue weighted by molar-refractivity contribution is 8.01. The SMILES string of the molecule is COc1cc2c(cc1/C=N/NC(=O)CSc1nc3ccccc3s1)C(C)=CC(C)(C)N2C. The fourth-order valence-corrected chi connectivity index (χ4v) is 5.58. The fourth-order valence-electron chi connectivity index (χ4n) is 3.72. The van der Waals surface area contributed by atoms with Crippen LogP contribution in [0.4, 0.5) is 5.69 Å². The predicted molar refractivity (Wildman–Crippen MR) is 135 cm³/mol. The molecular weight excluding hydrogens is 440 g/mol. The molecule has 0 atom stereocenters. The summed E-state index contributed by atoms with van der Waals surface area (Å²) in [5.74, 6) is 0.781. The van der Waals surface area contributed by atoms with Crippen LogP contribution in [0.25, 0.3) is 15.8 Å². The number of thioether (sulfide) groups is 1. The highest BCUT2D eigenvalue weighted by Crippen LogP contribution is 2.40. The van der Waals surface area contributed by atoms with Crippen molar-refractivity contribution in [2.75, 3.05) is 24.8 Å². The maximum atomic E-state index is 12.3. The first kappa shape index (κ1) is 22.4. The number of aromatic nitrogens is 1. The van der Waals surface area contributed by atoms with E-state index in [9.17, 15) is 4.79 Å². The van der Waals surface area contributed by atoms with Crippen molar-refractivity contribution in [3.8, 4) is 5.75 Å². The second kappa shape index (κ2) is 8.96. The van der Waals surface area contributed by atoms with Gasteiger partial charge in [0.05, 0.1) is 34.8 Å². The second-order valence-electron chi connectivity index (χ2n) is 8.18. The van der Waals surface area contributed by atoms with Gasteiger partial charge in [0.25, 0.3) is 5.91 Å². The summed E-state index contributed by atoms with van der Waals surface area (Å²) in [7, 11) is 3.72. The van der Waals surface area contributed by atoms with Crippen LogP contribution in [0.1, 0.15) is 31.9 Å². The van der Waals surface area contributed by atoms with Crippen LogP contribution in [0.3, 0.4) is 0 Å². The van der Waals surface area contributed by atoms with Crippen LogP contribution >= 0.6 is 23.1 Å². The number of ether oxygens (including phenoxy) is 1. The summed E-state index contributed by atoms with van der Waals surface area (Å²) in [5.41, 5.74) is 7.74. The molecule has 8 heteroatoms. The number of nitrogens with zero attached hydrogens (tertiary/aromatic N) is 3. The molecule has 2 aromatic carbocycles. The van der Waals surface area contributed by atoms with Crippen LogP contribution in [0.15, 0.2) is 51.9 Å². The van der Waals surface area contributed by atoms with Gasteiger partial charge in [-0.25, -0.2) is 10.4 Å². The van der Waals surface area contributed by atoms with Gasteiger partial charge in [-0.3, -0.25) is 4.79 Å². The number of hydrogen-bond acceptors (Lipinski definition) is 7. The lowest BCUT2D eigenvalue weighted by Gasteiger charge is -2.40. The number of nitrogens with one attached hydrogen (secondary N) is 1. The molecule has 6 nitrogen and oxygen atoms in total. The number of para-hydroxylation sites is 1. The van der Waals surface area contributed by atoms with Crippen molar-refractivity contribution in [3.05, 3.63) is 53.6 Å². The Kier molecular flexibility index (Phi) is 6.26. The molecule has 0 bridgehead atoms. The molecule has 0 saturated carbocycles. The number of rotatable bonds is 6. The summed E-state index contributed by atoms with van der Waals surface area (Å²) in [6.45, 7) is 6.48. The minimum Gasteiger partial charge on any atom is -0.496 e. The molecule has 4 rings (SSSR count). The van der Waals surface area contributed by atoms with Crippen molar-refractivity contribution in [2.24, 2.45) is 5.10 Å². The molecular formula is C24H26N4O2S2. The van der Waals surface area contributed by atoms with Gasteiger partial charge in [0.1, 0.15) is 5.75 Å². The number of hydrogen-bond donors (Lipinski definition) is 1. The maximum Gasteiger partial charge on any atom is 0.250 e. The van der Waals surface area contributed by atoms with Crippen molar-refractivity contribution >= 4 is 56.7 Å². The third-order valence-electron chi connectivity index (χ3n) is 5.56. The molecule has 3 aromatic rings. The number of fused-ring (bicyclic) bond motifs is 2. The molecule has 1 aliphatic heterocycles. The number of amides is 1. The predicted octanol–water partition coefficient (Wildman–Crippen LogP) is 5.18. The number of anilines is 1. The zero-order valence-corrected chi connectivity index (χ0v) is 20.4. The summed E-state index contributed by atoms with van der Waals surface area (Å²) in [4.78, 5) is 19.0. The normalized spacial score (nSPS) is 15.0. The van der Waals surface area contributed by atoms with E-state index in [1.807, 2.05) is 30.3 Å². The minimum absolute atomic E-state index is 0.0768. The first-order valence-electron chi connectivity index (χ1n) is 10.2. The molecule has 0 unspecified atom stereocenters. The van der Waals surface area contributed by atoms with Gasteiger partial charge in [0.15, 0.2) is 4.34 Å². The zero-order valence-electron chi connectivity index (χ0n) is 18.8. The number of carbonyl (C=O) groups excluding carboxylic acids is 1. The topological polar surface area (TPSA) is 66.8 Å². The Bertz CT molecular complexity index is 1200. The highest BCUT2D eigenvalue weighted by atomic mass is 32.2. The molecule has 0 radical (unpaired) electrons. The van der Waals surface area contributed by atoms with E-state index < -0.39 is 0 Å². The van der Waals surface area contributed by atoms with Crippen LogP contribution in [-0.2, 0) is 4.79 Å². The van der Waals surface area contributed by atoms with E-state index in [0.717, 1.165) is 31.4 Å². The van der Waals surface area contributed by atoms with Crippen LogP contribution < -0.4 is 15.1 Å². The number of allylic oxidation sites excluding steroid dienone is 1. The molecule has 0 aliphatic carbocycles. The summed E-state index contributed by atoms with van der Waals surface area (Å²) in [5, 5.41) is 4.16. The van der Waals surface area contributed by atoms with E-state index in [4.69, 9.17) is 4.74 Å². The smallest absolute Gasteiger partial charge is 0.250 e. The van der Waals surface area contributed by atoms with E-state index in [-0.39, 0.29) is 17.2 Å². The van der Waals surface area contributed by atoms with E-state index in [1.165, 1.54) is 17.3 Å². The molecule has 0 fully saturated rings. The average Bonchev–Trinajstić information content (AvgIpc) is 3.18. The van der Waals surface area contributed by atoms with E-state index in [2.05, 4.69) is 60.4 Å². The summed E-state index contributed by atoms with van der Waals surface area (Å²) < 4.78 is 7.58. The van der Waals surface area contributed by atoms with Crippen LogP contribution in [0.2, 0.25) is 0 Å². The van der Waals surface area contributed by atoms with E-state index in [0.29, 0.717) is 5.75 Å². The van der Waals surface area contributed by atoms with Crippen LogP contribution in [-0.4, -0.2) is 42.6 Å². The van der Waals surface area contributed by atoms with Crippen molar-refractivity contribution < 1.29 is 9.53 Å². The molecule has 1 N–H and O–H groups in total. The molecule has 32 heavy (non-hydrogen) atoms. The van der Waals surface area contributed by atoms with E-state index >= 15 is 0 Å². The van der Waals surface area contributed by atoms with Gasteiger partial charge in [0.2, 0.25) is 0 Å². The number of carbonyl (C=O) groups is 1. The molecule has 1 aromatic heterocycles. The van der Waals surface area contributed by atoms with Gasteiger partial charge in [-0.1, -0.05) is 30.0 Å². The Morgan fingerprint density at radius 3 is 2.88 bits per heavy atom. The number of thiazole rings is 1. The van der Waals surface area contributed by atoms with E-state index in [1.54, 1.807) is 24.7 Å². The van der Waals surface area contributed by atoms with Gasteiger partial charge < -0.3 is 9.64 Å². The molecule has 1 amide bonds. The third kappa shape index (κ3) is 4.52. The molecule has 166 valence electrons. The first-order chi connectivity index (χ1) is 15.3. The van der Waals surface area contributed by atoms with Crippen molar-refractivity contribution in [3.63, 3.8) is 0 Å². The third-order valence-corrected chi connectivity index (χ3v) is 7.74. The van der Waals surface area contributed by atoms with Crippen molar-refractivity contribution in [1.82, 2.24) is 10.4 Å². The number of hydrazone groups is 1. The summed E-state index contributed by atoms with van der Waals surface area (Å²) in [6.07, 6.45) is 3.89. The first-order valence-corrected chi connectivity index (χ1v) is 12.0. The zero-order chi connectivity index (χ0) is 22.9. The van der Waals surface area contributed by atoms with Crippen LogP contribution in [0.5, 0.6) is 5.75 Å². The second-order valence-corrected chi connectivity index (χ2v) is 10.4. The summed E-state index contributed by atoms with van der Waals surface area (Å²) >= 11 is 3.00. The van der Waals surface area contributed by atoms with Crippen LogP contribution in [0, 0.1) is 0 Å². The Balaban J connectivity index is 1.43. The maximum absolute atomic E-state index is 12.3. The Labute approximate surface area is 196 Å². The number of methoxy groups -OCH3 is 1. The lowest BCUT2D eigenvalue weighted by Crippen LogP contribution is -2.42. The molecule has 0 saturated heterocycles. The van der Waals surface area contributed by atoms with Gasteiger partial charge in [-0.2, -0.15) is 5.10 Å². The molecule has 1 aliphatic rings. The highest BCUT2D eigenvalue weighted by Gasteiger charge is 2.29. The quantitative estimate of drug-likeness (QED) is 0.308. The number of benzene rings is 2. The standard InChI is InChI=1S/C24H26N4O2S2/c1-15-12-24(2,3)28(4)19-11-20(30-5)16(10-17(15)19)13-25-27-22(29)14-31-23-26-18-8-6-7-9-21(18)32-23/h6-13H,14H2,1-5H3,(H,27,29)/b25-13+. The lowest BCUT2D eigenvalue weighted by molar-refractivity contribution is -0.118. The Morgan fingerprint density at radius 1 is 1.34 bits per heavy atom. The van der Waals surface area contributed by atoms with Gasteiger partial charge in [-0.15, -0.1) is 11.3 Å². The van der Waals surface area contributed by atoms with Gasteiger partial charge in [-0.05, 0) is 44.5 Å². The van der Waals surface area contributed by atoms with Gasteiger partial charge in [0, 0.05) is 29.9 Å². The molecule has 2 heterocycles. The monoisotopic (exact) mass is 466 g/mol. The van der Waals surface area contributed by atoms with Gasteiger partial charge >= 0.3 is 0 Å². The largest absolute Gasteiger partial charge is 0.496 e. The Hall–Kier alpha value is -2.84. The average molecular weight is 467 g/mol. The van der Waals surface area contributed by atoms with Crippen molar-refractivity contribution in [2.45, 2.75) is 30.6 Å². The molecule has 0 spiro atoms. The van der Waals surface area contributed by atoms with Crippen molar-refractivity contribution in [1.29, 1.82) is 0 Å². The number of likely N-dealkylation sites (N-methyl/N-ethyl adjacent to an activating group) is 1.